The summed E-state index contributed by atoms with van der Waals surface area (Å²) in [5, 5.41) is 4.22. The highest BCUT2D eigenvalue weighted by atomic mass is 32.2. The molecule has 1 aliphatic heterocycles. The van der Waals surface area contributed by atoms with Crippen LogP contribution in [0.1, 0.15) is 16.0 Å². The lowest BCUT2D eigenvalue weighted by Gasteiger charge is -2.13. The molecule has 3 amide bonds. The molecule has 1 aromatic carbocycles. The highest BCUT2D eigenvalue weighted by molar-refractivity contribution is 8.18. The van der Waals surface area contributed by atoms with Crippen molar-refractivity contribution in [1.82, 2.24) is 4.90 Å². The predicted molar refractivity (Wildman–Crippen MR) is 102 cm³/mol. The Morgan fingerprint density at radius 2 is 2.04 bits per heavy atom. The summed E-state index contributed by atoms with van der Waals surface area (Å²) in [6, 6.07) is 9.41. The predicted octanol–water partition coefficient (Wildman–Crippen LogP) is 4.04. The van der Waals surface area contributed by atoms with E-state index in [4.69, 9.17) is 0 Å². The van der Waals surface area contributed by atoms with Gasteiger partial charge in [-0.05, 0) is 54.8 Å². The van der Waals surface area contributed by atoms with Crippen molar-refractivity contribution >= 4 is 51.9 Å². The average molecular weight is 372 g/mol. The molecule has 7 heteroatoms. The normalized spacial score (nSPS) is 15.9. The topological polar surface area (TPSA) is 66.5 Å². The summed E-state index contributed by atoms with van der Waals surface area (Å²) in [6.45, 7) is 3.57. The fourth-order valence-corrected chi connectivity index (χ4v) is 3.99. The van der Waals surface area contributed by atoms with E-state index in [0.717, 1.165) is 32.7 Å². The van der Waals surface area contributed by atoms with Crippen molar-refractivity contribution in [1.29, 1.82) is 0 Å². The molecule has 5 nitrogen and oxygen atoms in total. The highest BCUT2D eigenvalue weighted by Crippen LogP contribution is 2.32. The van der Waals surface area contributed by atoms with Crippen LogP contribution in [0.3, 0.4) is 0 Å². The fraction of sp³-hybridized carbons (Fsp3) is 0.167. The lowest BCUT2D eigenvalue weighted by Crippen LogP contribution is -2.36. The molecule has 0 atom stereocenters. The highest BCUT2D eigenvalue weighted by Gasteiger charge is 2.36. The number of aryl methyl sites for hydroxylation is 2. The summed E-state index contributed by atoms with van der Waals surface area (Å²) < 4.78 is 0. The maximum Gasteiger partial charge on any atom is 0.294 e. The molecule has 128 valence electrons. The Morgan fingerprint density at radius 3 is 2.72 bits per heavy atom. The van der Waals surface area contributed by atoms with Gasteiger partial charge in [0.1, 0.15) is 6.54 Å². The Bertz CT molecular complexity index is 872. The Labute approximate surface area is 153 Å². The number of hydrogen-bond donors (Lipinski definition) is 1. The van der Waals surface area contributed by atoms with E-state index in [2.05, 4.69) is 5.32 Å². The molecular formula is C18H16N2O3S2. The van der Waals surface area contributed by atoms with Gasteiger partial charge in [0.2, 0.25) is 5.91 Å². The van der Waals surface area contributed by atoms with Gasteiger partial charge in [0.05, 0.1) is 4.91 Å². The van der Waals surface area contributed by atoms with E-state index < -0.39 is 17.1 Å². The molecule has 25 heavy (non-hydrogen) atoms. The zero-order chi connectivity index (χ0) is 18.0. The lowest BCUT2D eigenvalue weighted by molar-refractivity contribution is -0.127. The number of hydrogen-bond acceptors (Lipinski definition) is 5. The average Bonchev–Trinajstić information content (AvgIpc) is 3.15. The summed E-state index contributed by atoms with van der Waals surface area (Å²) in [4.78, 5) is 38.9. The monoisotopic (exact) mass is 372 g/mol. The van der Waals surface area contributed by atoms with Gasteiger partial charge in [-0.3, -0.25) is 19.3 Å². The van der Waals surface area contributed by atoms with Gasteiger partial charge in [0.25, 0.3) is 11.1 Å². The van der Waals surface area contributed by atoms with Crippen LogP contribution in [-0.2, 0) is 9.59 Å². The van der Waals surface area contributed by atoms with Crippen molar-refractivity contribution in [2.24, 2.45) is 0 Å². The Kier molecular flexibility index (Phi) is 5.06. The molecule has 1 N–H and O–H groups in total. The minimum Gasteiger partial charge on any atom is -0.324 e. The fourth-order valence-electron chi connectivity index (χ4n) is 2.43. The number of nitrogens with zero attached hydrogens (tertiary/aromatic N) is 1. The third-order valence-electron chi connectivity index (χ3n) is 3.65. The molecule has 0 aliphatic carbocycles. The molecule has 2 aromatic rings. The smallest absolute Gasteiger partial charge is 0.294 e. The molecule has 1 fully saturated rings. The van der Waals surface area contributed by atoms with Crippen LogP contribution >= 0.6 is 23.1 Å². The maximum absolute atomic E-state index is 12.4. The van der Waals surface area contributed by atoms with Crippen LogP contribution in [0.15, 0.2) is 40.6 Å². The molecule has 1 aliphatic rings. The number of thiophene rings is 1. The second kappa shape index (κ2) is 7.25. The molecular weight excluding hydrogens is 356 g/mol. The standard InChI is InChI=1S/C18H16N2O3S2/c1-11-5-6-14(12(2)8-11)19-16(21)10-20-17(22)15(25-18(20)23)9-13-4-3-7-24-13/h3-9H,10H2,1-2H3,(H,19,21). The van der Waals surface area contributed by atoms with Gasteiger partial charge in [-0.15, -0.1) is 11.3 Å². The Hall–Kier alpha value is -2.38. The summed E-state index contributed by atoms with van der Waals surface area (Å²) in [7, 11) is 0. The summed E-state index contributed by atoms with van der Waals surface area (Å²) in [5.74, 6) is -0.828. The summed E-state index contributed by atoms with van der Waals surface area (Å²) in [6.07, 6.45) is 1.68. The Balaban J connectivity index is 1.69. The minimum absolute atomic E-state index is 0.292. The van der Waals surface area contributed by atoms with Crippen LogP contribution in [0.2, 0.25) is 0 Å². The van der Waals surface area contributed by atoms with E-state index >= 15 is 0 Å². The number of amides is 3. The minimum atomic E-state index is -0.431. The van der Waals surface area contributed by atoms with Crippen molar-refractivity contribution in [2.45, 2.75) is 13.8 Å². The number of imide groups is 1. The van der Waals surface area contributed by atoms with Gasteiger partial charge in [0, 0.05) is 10.6 Å². The van der Waals surface area contributed by atoms with Crippen molar-refractivity contribution in [2.75, 3.05) is 11.9 Å². The molecule has 1 aromatic heterocycles. The van der Waals surface area contributed by atoms with E-state index in [0.29, 0.717) is 10.6 Å². The number of carbonyl (C=O) groups excluding carboxylic acids is 3. The third kappa shape index (κ3) is 4.00. The molecule has 0 unspecified atom stereocenters. The Morgan fingerprint density at radius 1 is 1.24 bits per heavy atom. The second-order valence-electron chi connectivity index (χ2n) is 5.65. The molecule has 0 bridgehead atoms. The molecule has 3 rings (SSSR count). The van der Waals surface area contributed by atoms with Crippen LogP contribution in [-0.4, -0.2) is 28.5 Å². The first-order valence-electron chi connectivity index (χ1n) is 7.60. The molecule has 0 spiro atoms. The van der Waals surface area contributed by atoms with E-state index in [9.17, 15) is 14.4 Å². The van der Waals surface area contributed by atoms with Gasteiger partial charge in [-0.1, -0.05) is 23.8 Å². The van der Waals surface area contributed by atoms with Gasteiger partial charge >= 0.3 is 0 Å². The van der Waals surface area contributed by atoms with E-state index in [1.165, 1.54) is 11.3 Å². The zero-order valence-corrected chi connectivity index (χ0v) is 15.4. The first-order valence-corrected chi connectivity index (χ1v) is 9.29. The molecule has 0 radical (unpaired) electrons. The van der Waals surface area contributed by atoms with Crippen molar-refractivity contribution in [3.63, 3.8) is 0 Å². The van der Waals surface area contributed by atoms with Gasteiger partial charge in [0.15, 0.2) is 0 Å². The van der Waals surface area contributed by atoms with Crippen LogP contribution in [0.25, 0.3) is 6.08 Å². The first kappa shape index (κ1) is 17.4. The molecule has 2 heterocycles. The number of thioether (sulfide) groups is 1. The summed E-state index contributed by atoms with van der Waals surface area (Å²) >= 11 is 2.34. The SMILES string of the molecule is Cc1ccc(NC(=O)CN2C(=O)SC(=Cc3cccs3)C2=O)c(C)c1. The largest absolute Gasteiger partial charge is 0.324 e. The molecule has 0 saturated carbocycles. The van der Waals surface area contributed by atoms with Crippen LogP contribution in [0.4, 0.5) is 10.5 Å². The van der Waals surface area contributed by atoms with Crippen LogP contribution in [0.5, 0.6) is 0 Å². The second-order valence-corrected chi connectivity index (χ2v) is 7.62. The van der Waals surface area contributed by atoms with Crippen LogP contribution in [0, 0.1) is 13.8 Å². The van der Waals surface area contributed by atoms with Crippen molar-refractivity contribution in [3.8, 4) is 0 Å². The first-order chi connectivity index (χ1) is 11.9. The van der Waals surface area contributed by atoms with E-state index in [-0.39, 0.29) is 6.54 Å². The number of benzene rings is 1. The van der Waals surface area contributed by atoms with Crippen LogP contribution < -0.4 is 5.32 Å². The number of anilines is 1. The van der Waals surface area contributed by atoms with E-state index in [1.807, 2.05) is 49.6 Å². The van der Waals surface area contributed by atoms with E-state index in [1.54, 1.807) is 6.08 Å². The number of carbonyl (C=O) groups is 3. The lowest BCUT2D eigenvalue weighted by atomic mass is 10.1. The zero-order valence-electron chi connectivity index (χ0n) is 13.7. The van der Waals surface area contributed by atoms with Crippen molar-refractivity contribution < 1.29 is 14.4 Å². The van der Waals surface area contributed by atoms with Gasteiger partial charge in [-0.25, -0.2) is 0 Å². The number of rotatable bonds is 4. The van der Waals surface area contributed by atoms with Crippen molar-refractivity contribution in [3.05, 3.63) is 56.6 Å². The molecule has 1 saturated heterocycles. The third-order valence-corrected chi connectivity index (χ3v) is 5.37. The quantitative estimate of drug-likeness (QED) is 0.823. The van der Waals surface area contributed by atoms with Gasteiger partial charge < -0.3 is 5.32 Å². The summed E-state index contributed by atoms with van der Waals surface area (Å²) in [5.41, 5.74) is 2.71. The number of nitrogens with one attached hydrogen (secondary N) is 1. The van der Waals surface area contributed by atoms with Gasteiger partial charge in [-0.2, -0.15) is 0 Å². The maximum atomic E-state index is 12.4.